The maximum atomic E-state index is 11.2. The van der Waals surface area contributed by atoms with E-state index in [0.29, 0.717) is 6.42 Å². The number of aldehydes is 1. The van der Waals surface area contributed by atoms with Gasteiger partial charge in [0.15, 0.2) is 8.32 Å². The molecular weight excluding hydrogens is 384 g/mol. The van der Waals surface area contributed by atoms with Crippen LogP contribution in [0.4, 0.5) is 0 Å². The summed E-state index contributed by atoms with van der Waals surface area (Å²) in [5, 5.41) is 0. The fraction of sp³-hybridized carbons (Fsp3) is 0.963. The van der Waals surface area contributed by atoms with Crippen molar-refractivity contribution >= 4 is 14.6 Å². The lowest BCUT2D eigenvalue weighted by Crippen LogP contribution is -2.41. The molecule has 0 aliphatic carbocycles. The smallest absolute Gasteiger partial charge is 0.193 e. The third-order valence-electron chi connectivity index (χ3n) is 6.52. The Morgan fingerprint density at radius 3 is 1.37 bits per heavy atom. The monoisotopic (exact) mass is 440 g/mol. The quantitative estimate of drug-likeness (QED) is 0.0848. The second-order valence-corrected chi connectivity index (χ2v) is 13.7. The van der Waals surface area contributed by atoms with Crippen LogP contribution in [0.2, 0.25) is 18.1 Å². The Morgan fingerprint density at radius 2 is 1.00 bits per heavy atom. The maximum Gasteiger partial charge on any atom is 0.193 e. The van der Waals surface area contributed by atoms with Crippen LogP contribution in [0.15, 0.2) is 0 Å². The van der Waals surface area contributed by atoms with E-state index in [1.165, 1.54) is 121 Å². The summed E-state index contributed by atoms with van der Waals surface area (Å²) >= 11 is 0. The highest BCUT2D eigenvalue weighted by molar-refractivity contribution is 6.73. The third kappa shape index (κ3) is 16.5. The van der Waals surface area contributed by atoms with E-state index in [1.54, 1.807) is 0 Å². The van der Waals surface area contributed by atoms with Gasteiger partial charge in [-0.2, -0.15) is 0 Å². The molecule has 0 saturated heterocycles. The number of rotatable bonds is 24. The summed E-state index contributed by atoms with van der Waals surface area (Å²) in [5.41, 5.74) is 0. The molecule has 0 spiro atoms. The summed E-state index contributed by atoms with van der Waals surface area (Å²) in [4.78, 5) is 11.2. The van der Waals surface area contributed by atoms with Crippen LogP contribution in [0.25, 0.3) is 0 Å². The molecule has 0 aromatic heterocycles. The van der Waals surface area contributed by atoms with Crippen LogP contribution in [-0.4, -0.2) is 20.7 Å². The third-order valence-corrected chi connectivity index (χ3v) is 11.6. The topological polar surface area (TPSA) is 26.3 Å². The van der Waals surface area contributed by atoms with E-state index in [-0.39, 0.29) is 6.10 Å². The average molecular weight is 441 g/mol. The molecule has 2 nitrogen and oxygen atoms in total. The zero-order chi connectivity index (χ0) is 22.3. The van der Waals surface area contributed by atoms with Crippen molar-refractivity contribution in [2.45, 2.75) is 168 Å². The van der Waals surface area contributed by atoms with Gasteiger partial charge < -0.3 is 9.22 Å². The Bertz CT molecular complexity index is 342. The van der Waals surface area contributed by atoms with Crippen molar-refractivity contribution < 1.29 is 9.22 Å². The molecule has 0 rings (SSSR count). The molecule has 0 heterocycles. The van der Waals surface area contributed by atoms with Gasteiger partial charge in [0.05, 0.1) is 6.10 Å². The minimum atomic E-state index is -1.66. The van der Waals surface area contributed by atoms with Gasteiger partial charge >= 0.3 is 0 Å². The van der Waals surface area contributed by atoms with Gasteiger partial charge in [0.1, 0.15) is 6.29 Å². The second kappa shape index (κ2) is 22.1. The van der Waals surface area contributed by atoms with Gasteiger partial charge in [-0.25, -0.2) is 0 Å². The molecule has 0 aromatic carbocycles. The van der Waals surface area contributed by atoms with Crippen molar-refractivity contribution in [2.75, 3.05) is 0 Å². The largest absolute Gasteiger partial charge is 0.413 e. The van der Waals surface area contributed by atoms with Gasteiger partial charge in [0, 0.05) is 6.42 Å². The SMILES string of the molecule is CCCCCCCCCCCCCCC[C@@H](CC=O)O[Si](CCC)(CCC)CCC. The van der Waals surface area contributed by atoms with Gasteiger partial charge in [-0.15, -0.1) is 0 Å². The van der Waals surface area contributed by atoms with E-state index >= 15 is 0 Å². The molecule has 0 saturated carbocycles. The van der Waals surface area contributed by atoms with Crippen molar-refractivity contribution in [3.05, 3.63) is 0 Å². The van der Waals surface area contributed by atoms with Crippen molar-refractivity contribution in [1.82, 2.24) is 0 Å². The standard InChI is InChI=1S/C27H56O2Si/c1-5-9-10-11-12-13-14-15-16-17-18-19-20-21-27(22-23-28)29-30(24-6-2,25-7-3)26-8-4/h23,27H,5-22,24-26H2,1-4H3/t27-/m0/s1. The number of carbonyl (C=O) groups is 1. The van der Waals surface area contributed by atoms with Crippen LogP contribution in [0.1, 0.15) is 143 Å². The van der Waals surface area contributed by atoms with Crippen LogP contribution in [0.5, 0.6) is 0 Å². The van der Waals surface area contributed by atoms with E-state index in [2.05, 4.69) is 27.7 Å². The van der Waals surface area contributed by atoms with Crippen LogP contribution in [0.3, 0.4) is 0 Å². The van der Waals surface area contributed by atoms with Gasteiger partial charge in [0.2, 0.25) is 0 Å². The molecule has 0 fully saturated rings. The number of hydrogen-bond donors (Lipinski definition) is 0. The van der Waals surface area contributed by atoms with E-state index in [0.717, 1.165) is 12.7 Å². The molecule has 0 aliphatic rings. The first-order valence-electron chi connectivity index (χ1n) is 13.8. The van der Waals surface area contributed by atoms with Crippen LogP contribution < -0.4 is 0 Å². The fourth-order valence-corrected chi connectivity index (χ4v) is 9.75. The molecule has 0 aromatic rings. The Kier molecular flexibility index (Phi) is 21.9. The highest BCUT2D eigenvalue weighted by atomic mass is 28.4. The Hall–Kier alpha value is -0.153. The summed E-state index contributed by atoms with van der Waals surface area (Å²) in [5.74, 6) is 0. The zero-order valence-corrected chi connectivity index (χ0v) is 22.3. The first kappa shape index (κ1) is 29.8. The second-order valence-electron chi connectivity index (χ2n) is 9.61. The van der Waals surface area contributed by atoms with Gasteiger partial charge in [-0.1, -0.05) is 130 Å². The fourth-order valence-electron chi connectivity index (χ4n) is 4.99. The maximum absolute atomic E-state index is 11.2. The number of hydrogen-bond acceptors (Lipinski definition) is 2. The predicted molar refractivity (Wildman–Crippen MR) is 137 cm³/mol. The predicted octanol–water partition coefficient (Wildman–Crippen LogP) is 9.62. The van der Waals surface area contributed by atoms with Crippen LogP contribution in [0, 0.1) is 0 Å². The van der Waals surface area contributed by atoms with Gasteiger partial charge in [-0.05, 0) is 24.6 Å². The van der Waals surface area contributed by atoms with Crippen LogP contribution >= 0.6 is 0 Å². The number of unbranched alkanes of at least 4 members (excludes halogenated alkanes) is 12. The summed E-state index contributed by atoms with van der Waals surface area (Å²) in [6.07, 6.45) is 24.7. The highest BCUT2D eigenvalue weighted by Crippen LogP contribution is 2.30. The van der Waals surface area contributed by atoms with Crippen molar-refractivity contribution in [3.8, 4) is 0 Å². The molecule has 0 N–H and O–H groups in total. The van der Waals surface area contributed by atoms with Gasteiger partial charge in [0.25, 0.3) is 0 Å². The number of carbonyl (C=O) groups excluding carboxylic acids is 1. The summed E-state index contributed by atoms with van der Waals surface area (Å²) in [6.45, 7) is 9.16. The summed E-state index contributed by atoms with van der Waals surface area (Å²) < 4.78 is 6.81. The normalized spacial score (nSPS) is 12.9. The minimum absolute atomic E-state index is 0.187. The highest BCUT2D eigenvalue weighted by Gasteiger charge is 2.34. The van der Waals surface area contributed by atoms with Gasteiger partial charge in [-0.3, -0.25) is 0 Å². The van der Waals surface area contributed by atoms with E-state index < -0.39 is 8.32 Å². The first-order valence-corrected chi connectivity index (χ1v) is 16.3. The first-order chi connectivity index (χ1) is 14.7. The zero-order valence-electron chi connectivity index (χ0n) is 21.3. The molecular formula is C27H56O2Si. The lowest BCUT2D eigenvalue weighted by Gasteiger charge is -2.35. The minimum Gasteiger partial charge on any atom is -0.413 e. The van der Waals surface area contributed by atoms with Crippen molar-refractivity contribution in [3.63, 3.8) is 0 Å². The van der Waals surface area contributed by atoms with Crippen molar-refractivity contribution in [1.29, 1.82) is 0 Å². The molecule has 0 radical (unpaired) electrons. The van der Waals surface area contributed by atoms with Crippen LogP contribution in [-0.2, 0) is 9.22 Å². The lowest BCUT2D eigenvalue weighted by molar-refractivity contribution is -0.109. The molecule has 0 amide bonds. The molecule has 30 heavy (non-hydrogen) atoms. The van der Waals surface area contributed by atoms with E-state index in [9.17, 15) is 4.79 Å². The average Bonchev–Trinajstić information content (AvgIpc) is 2.72. The molecule has 3 heteroatoms. The van der Waals surface area contributed by atoms with Crippen molar-refractivity contribution in [2.24, 2.45) is 0 Å². The Labute approximate surface area is 191 Å². The molecule has 0 bridgehead atoms. The molecule has 180 valence electrons. The Balaban J connectivity index is 3.98. The Morgan fingerprint density at radius 1 is 0.600 bits per heavy atom. The molecule has 1 atom stereocenters. The lowest BCUT2D eigenvalue weighted by atomic mass is 10.0. The van der Waals surface area contributed by atoms with E-state index in [1.807, 2.05) is 0 Å². The molecule has 0 aliphatic heterocycles. The van der Waals surface area contributed by atoms with E-state index in [4.69, 9.17) is 4.43 Å². The summed E-state index contributed by atoms with van der Waals surface area (Å²) in [7, 11) is -1.66. The summed E-state index contributed by atoms with van der Waals surface area (Å²) in [6, 6.07) is 3.80. The molecule has 0 unspecified atom stereocenters.